The van der Waals surface area contributed by atoms with Gasteiger partial charge in [-0.1, -0.05) is 28.9 Å². The number of aromatic nitrogens is 2. The Bertz CT molecular complexity index is 1390. The van der Waals surface area contributed by atoms with Gasteiger partial charge in [0.15, 0.2) is 5.11 Å². The highest BCUT2D eigenvalue weighted by Gasteiger charge is 2.34. The number of nitrogens with zero attached hydrogens (tertiary/aromatic N) is 3. The van der Waals surface area contributed by atoms with Gasteiger partial charge < -0.3 is 9.84 Å². The van der Waals surface area contributed by atoms with Gasteiger partial charge in [0.05, 0.1) is 11.6 Å². The van der Waals surface area contributed by atoms with Gasteiger partial charge in [-0.2, -0.15) is 4.98 Å². The van der Waals surface area contributed by atoms with E-state index in [-0.39, 0.29) is 17.5 Å². The Morgan fingerprint density at radius 1 is 0.941 bits per heavy atom. The fourth-order valence-corrected chi connectivity index (χ4v) is 4.36. The fraction of sp³-hybridized carbons (Fsp3) is 0.0800. The molecule has 1 aromatic heterocycles. The van der Waals surface area contributed by atoms with Gasteiger partial charge in [-0.25, -0.2) is 8.78 Å². The molecule has 2 heterocycles. The van der Waals surface area contributed by atoms with E-state index in [1.807, 2.05) is 6.92 Å². The number of anilines is 1. The summed E-state index contributed by atoms with van der Waals surface area (Å²) in [6, 6.07) is 18.7. The van der Waals surface area contributed by atoms with Crippen LogP contribution in [0.25, 0.3) is 17.0 Å². The molecule has 1 unspecified atom stereocenters. The predicted molar refractivity (Wildman–Crippen MR) is 131 cm³/mol. The summed E-state index contributed by atoms with van der Waals surface area (Å²) in [7, 11) is 0. The molecular weight excluding hydrogens is 478 g/mol. The Hall–Kier alpha value is -3.62. The first kappa shape index (κ1) is 22.2. The lowest BCUT2D eigenvalue weighted by molar-refractivity contribution is 0.404. The molecule has 1 atom stereocenters. The van der Waals surface area contributed by atoms with Crippen molar-refractivity contribution in [2.75, 3.05) is 4.90 Å². The molecule has 0 saturated carbocycles. The van der Waals surface area contributed by atoms with E-state index < -0.39 is 6.04 Å². The zero-order valence-corrected chi connectivity index (χ0v) is 19.4. The third kappa shape index (κ3) is 4.18. The molecule has 0 radical (unpaired) electrons. The summed E-state index contributed by atoms with van der Waals surface area (Å²) < 4.78 is 32.8. The molecule has 0 aliphatic carbocycles. The van der Waals surface area contributed by atoms with Crippen molar-refractivity contribution in [3.63, 3.8) is 0 Å². The molecule has 1 aliphatic heterocycles. The summed E-state index contributed by atoms with van der Waals surface area (Å²) in [6.07, 6.45) is 0. The van der Waals surface area contributed by atoms with E-state index in [0.717, 1.165) is 16.8 Å². The van der Waals surface area contributed by atoms with Gasteiger partial charge in [-0.05, 0) is 85.4 Å². The number of nitrogens with one attached hydrogen (secondary N) is 1. The summed E-state index contributed by atoms with van der Waals surface area (Å²) in [6.45, 7) is 1.87. The SMILES string of the molecule is CC1=C(c2nc(-c3ccc(Cl)cc3)no2)C(c2ccc(F)cc2)NC(=S)N1c1ccc(F)cc1. The summed E-state index contributed by atoms with van der Waals surface area (Å²) in [5, 5.41) is 8.43. The number of halogens is 3. The Labute approximate surface area is 204 Å². The van der Waals surface area contributed by atoms with Crippen LogP contribution in [0.3, 0.4) is 0 Å². The van der Waals surface area contributed by atoms with E-state index in [1.54, 1.807) is 53.4 Å². The maximum atomic E-state index is 13.6. The van der Waals surface area contributed by atoms with Crippen molar-refractivity contribution >= 4 is 40.2 Å². The minimum atomic E-state index is -0.469. The molecule has 5 rings (SSSR count). The van der Waals surface area contributed by atoms with Crippen LogP contribution in [0.5, 0.6) is 0 Å². The van der Waals surface area contributed by atoms with Crippen LogP contribution in [0.15, 0.2) is 83.0 Å². The van der Waals surface area contributed by atoms with Crippen LogP contribution >= 0.6 is 23.8 Å². The third-order valence-electron chi connectivity index (χ3n) is 5.53. The summed E-state index contributed by atoms with van der Waals surface area (Å²) in [4.78, 5) is 6.40. The van der Waals surface area contributed by atoms with Crippen molar-refractivity contribution in [2.24, 2.45) is 0 Å². The van der Waals surface area contributed by atoms with Gasteiger partial charge >= 0.3 is 0 Å². The molecule has 3 aromatic carbocycles. The molecule has 1 aliphatic rings. The first-order valence-corrected chi connectivity index (χ1v) is 11.1. The summed E-state index contributed by atoms with van der Waals surface area (Å²) in [5.41, 5.74) is 3.56. The smallest absolute Gasteiger partial charge is 0.258 e. The van der Waals surface area contributed by atoms with Gasteiger partial charge in [0.1, 0.15) is 11.6 Å². The molecule has 0 amide bonds. The van der Waals surface area contributed by atoms with Crippen LogP contribution in [0, 0.1) is 11.6 Å². The molecular formula is C25H17ClF2N4OS. The molecule has 34 heavy (non-hydrogen) atoms. The van der Waals surface area contributed by atoms with Crippen molar-refractivity contribution in [1.29, 1.82) is 0 Å². The second-order valence-corrected chi connectivity index (χ2v) is 8.50. The van der Waals surface area contributed by atoms with Crippen molar-refractivity contribution in [1.82, 2.24) is 15.5 Å². The highest BCUT2D eigenvalue weighted by molar-refractivity contribution is 7.80. The maximum Gasteiger partial charge on any atom is 0.258 e. The average Bonchev–Trinajstić information content (AvgIpc) is 3.30. The number of allylic oxidation sites excluding steroid dienone is 1. The van der Waals surface area contributed by atoms with E-state index >= 15 is 0 Å². The standard InChI is InChI=1S/C25H17ClF2N4OS/c1-14-21(24-30-23(31-33-24)16-2-6-17(26)7-3-16)22(15-4-8-18(27)9-5-15)29-25(34)32(14)20-12-10-19(28)11-13-20/h2-13,22H,1H3,(H,29,34). The highest BCUT2D eigenvalue weighted by atomic mass is 35.5. The van der Waals surface area contributed by atoms with E-state index in [2.05, 4.69) is 15.5 Å². The van der Waals surface area contributed by atoms with Crippen LogP contribution in [0.4, 0.5) is 14.5 Å². The number of hydrogen-bond donors (Lipinski definition) is 1. The molecule has 5 nitrogen and oxygen atoms in total. The fourth-order valence-electron chi connectivity index (χ4n) is 3.88. The Morgan fingerprint density at radius 3 is 2.21 bits per heavy atom. The summed E-state index contributed by atoms with van der Waals surface area (Å²) in [5.74, 6) is -0.0273. The van der Waals surface area contributed by atoms with Crippen LogP contribution in [-0.2, 0) is 0 Å². The van der Waals surface area contributed by atoms with Crippen molar-refractivity contribution < 1.29 is 13.3 Å². The minimum Gasteiger partial charge on any atom is -0.351 e. The average molecular weight is 495 g/mol. The number of hydrogen-bond acceptors (Lipinski definition) is 4. The second kappa shape index (κ2) is 8.96. The lowest BCUT2D eigenvalue weighted by atomic mass is 9.94. The third-order valence-corrected chi connectivity index (χ3v) is 6.08. The maximum absolute atomic E-state index is 13.6. The molecule has 170 valence electrons. The lowest BCUT2D eigenvalue weighted by Gasteiger charge is -2.37. The molecule has 0 saturated heterocycles. The minimum absolute atomic E-state index is 0.277. The van der Waals surface area contributed by atoms with Gasteiger partial charge in [0.25, 0.3) is 5.89 Å². The largest absolute Gasteiger partial charge is 0.351 e. The normalized spacial score (nSPS) is 16.1. The van der Waals surface area contributed by atoms with Crippen LogP contribution in [-0.4, -0.2) is 15.3 Å². The van der Waals surface area contributed by atoms with E-state index in [0.29, 0.717) is 27.2 Å². The first-order chi connectivity index (χ1) is 16.4. The Morgan fingerprint density at radius 2 is 1.56 bits per heavy atom. The van der Waals surface area contributed by atoms with Crippen LogP contribution < -0.4 is 10.2 Å². The van der Waals surface area contributed by atoms with Crippen LogP contribution in [0.1, 0.15) is 24.4 Å². The first-order valence-electron chi connectivity index (χ1n) is 10.3. The summed E-state index contributed by atoms with van der Waals surface area (Å²) >= 11 is 11.6. The molecule has 4 aromatic rings. The lowest BCUT2D eigenvalue weighted by Crippen LogP contribution is -2.46. The zero-order chi connectivity index (χ0) is 23.8. The van der Waals surface area contributed by atoms with Crippen LogP contribution in [0.2, 0.25) is 5.02 Å². The Kier molecular flexibility index (Phi) is 5.85. The highest BCUT2D eigenvalue weighted by Crippen LogP contribution is 2.39. The number of benzene rings is 3. The quantitative estimate of drug-likeness (QED) is 0.325. The predicted octanol–water partition coefficient (Wildman–Crippen LogP) is 6.54. The molecule has 0 fully saturated rings. The van der Waals surface area contributed by atoms with E-state index in [1.165, 1.54) is 24.3 Å². The van der Waals surface area contributed by atoms with Crippen molar-refractivity contribution in [3.05, 3.63) is 107 Å². The number of rotatable bonds is 4. The van der Waals surface area contributed by atoms with Gasteiger partial charge in [-0.3, -0.25) is 4.90 Å². The van der Waals surface area contributed by atoms with Crippen molar-refractivity contribution in [2.45, 2.75) is 13.0 Å². The topological polar surface area (TPSA) is 54.2 Å². The van der Waals surface area contributed by atoms with E-state index in [4.69, 9.17) is 28.3 Å². The zero-order valence-electron chi connectivity index (χ0n) is 17.8. The molecule has 9 heteroatoms. The van der Waals surface area contributed by atoms with Crippen molar-refractivity contribution in [3.8, 4) is 11.4 Å². The van der Waals surface area contributed by atoms with Gasteiger partial charge in [0, 0.05) is 22.0 Å². The molecule has 1 N–H and O–H groups in total. The van der Waals surface area contributed by atoms with Gasteiger partial charge in [-0.15, -0.1) is 0 Å². The Balaban J connectivity index is 1.64. The van der Waals surface area contributed by atoms with E-state index in [9.17, 15) is 8.78 Å². The molecule has 0 spiro atoms. The monoisotopic (exact) mass is 494 g/mol. The number of thiocarbonyl (C=S) groups is 1. The van der Waals surface area contributed by atoms with Gasteiger partial charge in [0.2, 0.25) is 5.82 Å². The molecule has 0 bridgehead atoms. The second-order valence-electron chi connectivity index (χ2n) is 7.67.